The fraction of sp³-hybridized carbons (Fsp3) is 0.333. The highest BCUT2D eigenvalue weighted by Gasteiger charge is 2.36. The van der Waals surface area contributed by atoms with E-state index in [9.17, 15) is 8.78 Å². The Morgan fingerprint density at radius 2 is 1.83 bits per heavy atom. The van der Waals surface area contributed by atoms with Crippen LogP contribution in [0.25, 0.3) is 0 Å². The molecule has 0 saturated carbocycles. The van der Waals surface area contributed by atoms with Gasteiger partial charge in [-0.25, -0.2) is 13.8 Å². The van der Waals surface area contributed by atoms with Gasteiger partial charge in [-0.2, -0.15) is 4.98 Å². The molecular weight excluding hydrogens is 384 g/mol. The minimum Gasteiger partial charge on any atom is -0.424 e. The number of halogens is 2. The smallest absolute Gasteiger partial charge is 0.322 e. The van der Waals surface area contributed by atoms with Crippen molar-refractivity contribution in [2.24, 2.45) is 0 Å². The predicted octanol–water partition coefficient (Wildman–Crippen LogP) is 5.53. The number of likely N-dealkylation sites (N-methyl/N-ethyl adjacent to an activating group) is 1. The highest BCUT2D eigenvalue weighted by Crippen LogP contribution is 2.42. The van der Waals surface area contributed by atoms with Crippen molar-refractivity contribution in [3.05, 3.63) is 83.7 Å². The Bertz CT molecular complexity index is 996. The van der Waals surface area contributed by atoms with Crippen LogP contribution in [0.5, 0.6) is 11.8 Å². The summed E-state index contributed by atoms with van der Waals surface area (Å²) >= 11 is 0. The van der Waals surface area contributed by atoms with Crippen molar-refractivity contribution < 1.29 is 13.5 Å². The van der Waals surface area contributed by atoms with Gasteiger partial charge in [0.15, 0.2) is 0 Å². The number of hydrogen-bond acceptors (Lipinski definition) is 4. The average Bonchev–Trinajstić information content (AvgIpc) is 2.74. The Labute approximate surface area is 175 Å². The van der Waals surface area contributed by atoms with Crippen molar-refractivity contribution in [3.8, 4) is 11.8 Å². The lowest BCUT2D eigenvalue weighted by Crippen LogP contribution is -2.43. The van der Waals surface area contributed by atoms with Crippen LogP contribution < -0.4 is 4.74 Å². The number of aromatic nitrogens is 2. The summed E-state index contributed by atoms with van der Waals surface area (Å²) in [6.07, 6.45) is 3.69. The highest BCUT2D eigenvalue weighted by atomic mass is 19.1. The average molecular weight is 409 g/mol. The molecule has 0 radical (unpaired) electrons. The molecule has 1 saturated heterocycles. The molecule has 156 valence electrons. The Morgan fingerprint density at radius 3 is 2.57 bits per heavy atom. The topological polar surface area (TPSA) is 38.3 Å². The number of rotatable bonds is 5. The summed E-state index contributed by atoms with van der Waals surface area (Å²) in [5.74, 6) is 0.0708. The molecule has 30 heavy (non-hydrogen) atoms. The van der Waals surface area contributed by atoms with E-state index in [1.54, 1.807) is 18.3 Å². The summed E-state index contributed by atoms with van der Waals surface area (Å²) in [4.78, 5) is 11.2. The number of nitrogens with zero attached hydrogens (tertiary/aromatic N) is 3. The van der Waals surface area contributed by atoms with Crippen LogP contribution in [-0.4, -0.2) is 34.5 Å². The molecule has 2 heterocycles. The van der Waals surface area contributed by atoms with E-state index in [-0.39, 0.29) is 29.5 Å². The molecule has 2 aromatic carbocycles. The Morgan fingerprint density at radius 1 is 1.03 bits per heavy atom. The molecule has 3 aromatic rings. The number of likely N-dealkylation sites (tertiary alicyclic amines) is 1. The van der Waals surface area contributed by atoms with Gasteiger partial charge in [0.05, 0.1) is 5.69 Å². The van der Waals surface area contributed by atoms with E-state index in [0.29, 0.717) is 11.8 Å². The van der Waals surface area contributed by atoms with Gasteiger partial charge in [0.2, 0.25) is 0 Å². The lowest BCUT2D eigenvalue weighted by molar-refractivity contribution is 0.143. The molecule has 1 aliphatic rings. The summed E-state index contributed by atoms with van der Waals surface area (Å²) in [6, 6.07) is 15.2. The van der Waals surface area contributed by atoms with Gasteiger partial charge in [0.1, 0.15) is 17.4 Å². The summed E-state index contributed by atoms with van der Waals surface area (Å²) in [6.45, 7) is 3.02. The first-order valence-corrected chi connectivity index (χ1v) is 10.3. The number of benzene rings is 2. The third-order valence-corrected chi connectivity index (χ3v) is 5.93. The molecule has 0 amide bonds. The van der Waals surface area contributed by atoms with Crippen molar-refractivity contribution in [1.29, 1.82) is 0 Å². The Hall–Kier alpha value is -2.86. The lowest BCUT2D eigenvalue weighted by Gasteiger charge is -2.42. The van der Waals surface area contributed by atoms with E-state index in [1.807, 2.05) is 18.2 Å². The predicted molar refractivity (Wildman–Crippen MR) is 112 cm³/mol. The molecule has 0 spiro atoms. The van der Waals surface area contributed by atoms with Crippen LogP contribution in [0.3, 0.4) is 0 Å². The van der Waals surface area contributed by atoms with Crippen molar-refractivity contribution in [3.63, 3.8) is 0 Å². The van der Waals surface area contributed by atoms with Gasteiger partial charge in [0.25, 0.3) is 0 Å². The van der Waals surface area contributed by atoms with E-state index in [1.165, 1.54) is 24.3 Å². The number of hydrogen-bond donors (Lipinski definition) is 0. The molecule has 6 heteroatoms. The zero-order valence-electron chi connectivity index (χ0n) is 17.1. The molecule has 1 fully saturated rings. The van der Waals surface area contributed by atoms with Crippen LogP contribution >= 0.6 is 0 Å². The van der Waals surface area contributed by atoms with Crippen LogP contribution in [0.1, 0.15) is 42.9 Å². The van der Waals surface area contributed by atoms with E-state index in [2.05, 4.69) is 28.8 Å². The Balaban J connectivity index is 1.64. The first-order valence-electron chi connectivity index (χ1n) is 10.3. The second-order valence-corrected chi connectivity index (χ2v) is 7.83. The minimum atomic E-state index is -0.375. The molecule has 4 nitrogen and oxygen atoms in total. The van der Waals surface area contributed by atoms with Gasteiger partial charge in [-0.1, -0.05) is 25.1 Å². The summed E-state index contributed by atoms with van der Waals surface area (Å²) in [5.41, 5.74) is 1.98. The van der Waals surface area contributed by atoms with Gasteiger partial charge < -0.3 is 9.64 Å². The van der Waals surface area contributed by atoms with Gasteiger partial charge in [-0.15, -0.1) is 0 Å². The molecule has 3 atom stereocenters. The van der Waals surface area contributed by atoms with Crippen molar-refractivity contribution in [2.75, 3.05) is 13.6 Å². The largest absolute Gasteiger partial charge is 0.424 e. The normalized spacial score (nSPS) is 22.1. The van der Waals surface area contributed by atoms with Crippen molar-refractivity contribution in [2.45, 2.75) is 37.6 Å². The summed E-state index contributed by atoms with van der Waals surface area (Å²) in [5, 5.41) is 0. The molecule has 1 aliphatic heterocycles. The third-order valence-electron chi connectivity index (χ3n) is 5.93. The zero-order chi connectivity index (χ0) is 21.1. The summed E-state index contributed by atoms with van der Waals surface area (Å²) in [7, 11) is 2.13. The second kappa shape index (κ2) is 8.88. The quantitative estimate of drug-likeness (QED) is 0.555. The lowest BCUT2D eigenvalue weighted by atomic mass is 9.75. The fourth-order valence-corrected chi connectivity index (χ4v) is 4.33. The first kappa shape index (κ1) is 20.4. The number of ether oxygens (including phenoxy) is 1. The van der Waals surface area contributed by atoms with E-state index in [4.69, 9.17) is 4.74 Å². The van der Waals surface area contributed by atoms with Crippen LogP contribution in [0.4, 0.5) is 8.78 Å². The number of piperidine rings is 1. The van der Waals surface area contributed by atoms with Crippen LogP contribution in [-0.2, 0) is 0 Å². The Kier molecular flexibility index (Phi) is 6.04. The van der Waals surface area contributed by atoms with Crippen molar-refractivity contribution in [1.82, 2.24) is 14.9 Å². The maximum absolute atomic E-state index is 13.5. The van der Waals surface area contributed by atoms with E-state index in [0.717, 1.165) is 30.6 Å². The van der Waals surface area contributed by atoms with Crippen LogP contribution in [0.15, 0.2) is 60.8 Å². The second-order valence-electron chi connectivity index (χ2n) is 7.83. The molecule has 0 N–H and O–H groups in total. The molecule has 3 unspecified atom stereocenters. The maximum atomic E-state index is 13.5. The van der Waals surface area contributed by atoms with Crippen molar-refractivity contribution >= 4 is 0 Å². The molecule has 4 rings (SSSR count). The van der Waals surface area contributed by atoms with Crippen LogP contribution in [0.2, 0.25) is 0 Å². The first-order chi connectivity index (χ1) is 14.5. The van der Waals surface area contributed by atoms with Gasteiger partial charge in [-0.3, -0.25) is 0 Å². The third kappa shape index (κ3) is 4.49. The van der Waals surface area contributed by atoms with Gasteiger partial charge >= 0.3 is 6.01 Å². The molecule has 1 aromatic heterocycles. The summed E-state index contributed by atoms with van der Waals surface area (Å²) < 4.78 is 32.7. The van der Waals surface area contributed by atoms with E-state index >= 15 is 0 Å². The monoisotopic (exact) mass is 409 g/mol. The molecule has 0 aliphatic carbocycles. The minimum absolute atomic E-state index is 0.112. The SMILES string of the molecule is CCC1CC(c2ccc(F)cc2)C(c2ccnc(Oc3cccc(F)c3)n2)CN1C. The highest BCUT2D eigenvalue weighted by molar-refractivity contribution is 5.29. The van der Waals surface area contributed by atoms with E-state index < -0.39 is 0 Å². The van der Waals surface area contributed by atoms with Gasteiger partial charge in [-0.05, 0) is 61.7 Å². The fourth-order valence-electron chi connectivity index (χ4n) is 4.33. The molecular formula is C24H25F2N3O. The zero-order valence-corrected chi connectivity index (χ0v) is 17.1. The maximum Gasteiger partial charge on any atom is 0.322 e. The van der Waals surface area contributed by atoms with Crippen LogP contribution in [0, 0.1) is 11.6 Å². The van der Waals surface area contributed by atoms with Gasteiger partial charge in [0, 0.05) is 30.8 Å². The molecule has 0 bridgehead atoms. The standard InChI is InChI=1S/C24H25F2N3O/c1-3-19-14-21(16-7-9-17(25)10-8-16)22(15-29(19)2)23-11-12-27-24(28-23)30-20-6-4-5-18(26)13-20/h4-13,19,21-22H,3,14-15H2,1-2H3.